The van der Waals surface area contributed by atoms with Gasteiger partial charge in [0, 0.05) is 6.54 Å². The molecule has 0 radical (unpaired) electrons. The standard InChI is InChI=1S/C16H22N2O2/c1-20-14-6-4-12(5-7-14)15(11-2-3-11)18-16(19)13-8-9-17-10-13/h4-7,11,13,15,17H,2-3,8-10H2,1H3,(H,18,19). The lowest BCUT2D eigenvalue weighted by Gasteiger charge is -2.21. The molecular weight excluding hydrogens is 252 g/mol. The maximum Gasteiger partial charge on any atom is 0.224 e. The van der Waals surface area contributed by atoms with Gasteiger partial charge in [-0.1, -0.05) is 12.1 Å². The highest BCUT2D eigenvalue weighted by atomic mass is 16.5. The van der Waals surface area contributed by atoms with Gasteiger partial charge in [0.15, 0.2) is 0 Å². The molecule has 2 atom stereocenters. The van der Waals surface area contributed by atoms with Crippen molar-refractivity contribution in [1.29, 1.82) is 0 Å². The lowest BCUT2D eigenvalue weighted by Crippen LogP contribution is -2.35. The average molecular weight is 274 g/mol. The number of amides is 1. The van der Waals surface area contributed by atoms with Gasteiger partial charge in [0.05, 0.1) is 19.1 Å². The van der Waals surface area contributed by atoms with E-state index in [0.29, 0.717) is 5.92 Å². The Labute approximate surface area is 119 Å². The molecule has 0 spiro atoms. The summed E-state index contributed by atoms with van der Waals surface area (Å²) in [4.78, 5) is 12.3. The monoisotopic (exact) mass is 274 g/mol. The quantitative estimate of drug-likeness (QED) is 0.862. The molecule has 3 rings (SSSR count). The molecule has 108 valence electrons. The van der Waals surface area contributed by atoms with Gasteiger partial charge in [0.25, 0.3) is 0 Å². The number of hydrogen-bond donors (Lipinski definition) is 2. The highest BCUT2D eigenvalue weighted by Gasteiger charge is 2.35. The Morgan fingerprint density at radius 1 is 1.30 bits per heavy atom. The van der Waals surface area contributed by atoms with E-state index in [1.807, 2.05) is 12.1 Å². The van der Waals surface area contributed by atoms with Crippen molar-refractivity contribution < 1.29 is 9.53 Å². The highest BCUT2D eigenvalue weighted by Crippen LogP contribution is 2.41. The smallest absolute Gasteiger partial charge is 0.224 e. The van der Waals surface area contributed by atoms with Crippen LogP contribution in [0, 0.1) is 11.8 Å². The number of rotatable bonds is 5. The van der Waals surface area contributed by atoms with Gasteiger partial charge in [-0.05, 0) is 49.4 Å². The van der Waals surface area contributed by atoms with Crippen LogP contribution in [0.5, 0.6) is 5.75 Å². The Hall–Kier alpha value is -1.55. The van der Waals surface area contributed by atoms with E-state index in [0.717, 1.165) is 25.3 Å². The first-order valence-corrected chi connectivity index (χ1v) is 7.43. The molecule has 1 aliphatic carbocycles. The predicted molar refractivity (Wildman–Crippen MR) is 77.6 cm³/mol. The SMILES string of the molecule is COc1ccc(C(NC(=O)C2CCNC2)C2CC2)cc1. The Morgan fingerprint density at radius 3 is 2.60 bits per heavy atom. The van der Waals surface area contributed by atoms with E-state index in [-0.39, 0.29) is 17.9 Å². The van der Waals surface area contributed by atoms with Gasteiger partial charge >= 0.3 is 0 Å². The van der Waals surface area contributed by atoms with Gasteiger partial charge in [-0.3, -0.25) is 4.79 Å². The fourth-order valence-electron chi connectivity index (χ4n) is 2.86. The zero-order valence-electron chi connectivity index (χ0n) is 11.9. The second-order valence-corrected chi connectivity index (χ2v) is 5.79. The summed E-state index contributed by atoms with van der Waals surface area (Å²) in [5, 5.41) is 6.50. The first-order valence-electron chi connectivity index (χ1n) is 7.43. The summed E-state index contributed by atoms with van der Waals surface area (Å²) in [7, 11) is 1.67. The third-order valence-electron chi connectivity index (χ3n) is 4.30. The van der Waals surface area contributed by atoms with Gasteiger partial charge in [0.1, 0.15) is 5.75 Å². The minimum absolute atomic E-state index is 0.134. The van der Waals surface area contributed by atoms with Crippen molar-refractivity contribution in [3.8, 4) is 5.75 Å². The molecule has 1 aromatic carbocycles. The van der Waals surface area contributed by atoms with E-state index in [1.54, 1.807) is 7.11 Å². The first kappa shape index (κ1) is 13.4. The topological polar surface area (TPSA) is 50.4 Å². The van der Waals surface area contributed by atoms with Crippen molar-refractivity contribution in [1.82, 2.24) is 10.6 Å². The lowest BCUT2D eigenvalue weighted by atomic mass is 10.0. The second kappa shape index (κ2) is 5.83. The minimum Gasteiger partial charge on any atom is -0.497 e. The van der Waals surface area contributed by atoms with Crippen LogP contribution in [0.3, 0.4) is 0 Å². The summed E-state index contributed by atoms with van der Waals surface area (Å²) >= 11 is 0. The molecule has 0 aromatic heterocycles. The molecule has 2 fully saturated rings. The van der Waals surface area contributed by atoms with Crippen LogP contribution in [0.15, 0.2) is 24.3 Å². The molecule has 1 aromatic rings. The molecule has 4 nitrogen and oxygen atoms in total. The van der Waals surface area contributed by atoms with Crippen LogP contribution >= 0.6 is 0 Å². The van der Waals surface area contributed by atoms with Crippen LogP contribution in [0.25, 0.3) is 0 Å². The van der Waals surface area contributed by atoms with E-state index in [4.69, 9.17) is 4.74 Å². The number of benzene rings is 1. The van der Waals surface area contributed by atoms with Gasteiger partial charge in [0.2, 0.25) is 5.91 Å². The van der Waals surface area contributed by atoms with Crippen LogP contribution < -0.4 is 15.4 Å². The van der Waals surface area contributed by atoms with Crippen molar-refractivity contribution in [2.45, 2.75) is 25.3 Å². The molecule has 1 saturated carbocycles. The van der Waals surface area contributed by atoms with E-state index in [9.17, 15) is 4.79 Å². The molecule has 1 saturated heterocycles. The van der Waals surface area contributed by atoms with Crippen molar-refractivity contribution in [2.24, 2.45) is 11.8 Å². The molecule has 1 heterocycles. The largest absolute Gasteiger partial charge is 0.497 e. The molecule has 0 bridgehead atoms. The second-order valence-electron chi connectivity index (χ2n) is 5.79. The van der Waals surface area contributed by atoms with E-state index >= 15 is 0 Å². The Balaban J connectivity index is 1.69. The van der Waals surface area contributed by atoms with Crippen LogP contribution in [0.4, 0.5) is 0 Å². The summed E-state index contributed by atoms with van der Waals surface area (Å²) in [6.07, 6.45) is 3.37. The summed E-state index contributed by atoms with van der Waals surface area (Å²) in [5.74, 6) is 1.79. The van der Waals surface area contributed by atoms with E-state index in [1.165, 1.54) is 18.4 Å². The fourth-order valence-corrected chi connectivity index (χ4v) is 2.86. The van der Waals surface area contributed by atoms with Gasteiger partial charge in [-0.25, -0.2) is 0 Å². The fraction of sp³-hybridized carbons (Fsp3) is 0.562. The van der Waals surface area contributed by atoms with Gasteiger partial charge < -0.3 is 15.4 Å². The van der Waals surface area contributed by atoms with Crippen molar-refractivity contribution in [3.05, 3.63) is 29.8 Å². The zero-order valence-corrected chi connectivity index (χ0v) is 11.9. The molecule has 2 unspecified atom stereocenters. The Morgan fingerprint density at radius 2 is 2.05 bits per heavy atom. The van der Waals surface area contributed by atoms with Crippen molar-refractivity contribution in [3.63, 3.8) is 0 Å². The zero-order chi connectivity index (χ0) is 13.9. The summed E-state index contributed by atoms with van der Waals surface area (Å²) < 4.78 is 5.19. The molecule has 1 amide bonds. The van der Waals surface area contributed by atoms with Gasteiger partial charge in [-0.15, -0.1) is 0 Å². The third-order valence-corrected chi connectivity index (χ3v) is 4.30. The molecule has 4 heteroatoms. The van der Waals surface area contributed by atoms with Crippen LogP contribution in [-0.2, 0) is 4.79 Å². The molecule has 2 N–H and O–H groups in total. The first-order chi connectivity index (χ1) is 9.78. The maximum absolute atomic E-state index is 12.3. The van der Waals surface area contributed by atoms with Crippen molar-refractivity contribution in [2.75, 3.05) is 20.2 Å². The summed E-state index contributed by atoms with van der Waals surface area (Å²) in [6, 6.07) is 8.22. The molecular formula is C16H22N2O2. The van der Waals surface area contributed by atoms with Crippen LogP contribution in [0.2, 0.25) is 0 Å². The third kappa shape index (κ3) is 2.96. The number of nitrogens with one attached hydrogen (secondary N) is 2. The van der Waals surface area contributed by atoms with E-state index < -0.39 is 0 Å². The Bertz CT molecular complexity index is 462. The number of hydrogen-bond acceptors (Lipinski definition) is 3. The van der Waals surface area contributed by atoms with Crippen molar-refractivity contribution >= 4 is 5.91 Å². The number of carbonyl (C=O) groups is 1. The normalized spacial score (nSPS) is 23.4. The van der Waals surface area contributed by atoms with Crippen LogP contribution in [-0.4, -0.2) is 26.1 Å². The highest BCUT2D eigenvalue weighted by molar-refractivity contribution is 5.79. The number of carbonyl (C=O) groups excluding carboxylic acids is 1. The molecule has 20 heavy (non-hydrogen) atoms. The Kier molecular flexibility index (Phi) is 3.92. The van der Waals surface area contributed by atoms with Gasteiger partial charge in [-0.2, -0.15) is 0 Å². The minimum atomic E-state index is 0.134. The summed E-state index contributed by atoms with van der Waals surface area (Å²) in [5.41, 5.74) is 1.19. The average Bonchev–Trinajstić information content (AvgIpc) is 3.17. The molecule has 2 aliphatic rings. The molecule has 1 aliphatic heterocycles. The predicted octanol–water partition coefficient (Wildman–Crippen LogP) is 1.87. The van der Waals surface area contributed by atoms with Crippen LogP contribution in [0.1, 0.15) is 30.9 Å². The summed E-state index contributed by atoms with van der Waals surface area (Å²) in [6.45, 7) is 1.76. The number of methoxy groups -OCH3 is 1. The number of ether oxygens (including phenoxy) is 1. The lowest BCUT2D eigenvalue weighted by molar-refractivity contribution is -0.125. The maximum atomic E-state index is 12.3. The van der Waals surface area contributed by atoms with E-state index in [2.05, 4.69) is 22.8 Å².